The molecule has 4 aromatic carbocycles. The van der Waals surface area contributed by atoms with Crippen molar-refractivity contribution in [1.29, 1.82) is 0 Å². The number of hydrogen-bond acceptors (Lipinski definition) is 8. The van der Waals surface area contributed by atoms with Gasteiger partial charge in [-0.1, -0.05) is 48.5 Å². The Morgan fingerprint density at radius 2 is 0.959 bits per heavy atom. The highest BCUT2D eigenvalue weighted by molar-refractivity contribution is 6.29. The summed E-state index contributed by atoms with van der Waals surface area (Å²) in [6.45, 7) is 8.43. The zero-order valence-electron chi connectivity index (χ0n) is 28.3. The van der Waals surface area contributed by atoms with E-state index in [-0.39, 0.29) is 11.6 Å². The Labute approximate surface area is 287 Å². The van der Waals surface area contributed by atoms with E-state index >= 15 is 0 Å². The number of benzene rings is 4. The average molecular weight is 653 g/mol. The normalized spacial score (nSPS) is 19.1. The molecule has 0 spiro atoms. The molecule has 7 rings (SSSR count). The van der Waals surface area contributed by atoms with Crippen molar-refractivity contribution in [3.8, 4) is 11.5 Å². The number of para-hydroxylation sites is 4. The van der Waals surface area contributed by atoms with Gasteiger partial charge in [0.1, 0.15) is 11.5 Å². The van der Waals surface area contributed by atoms with Gasteiger partial charge in [-0.05, 0) is 95.5 Å². The van der Waals surface area contributed by atoms with Crippen molar-refractivity contribution in [3.05, 3.63) is 131 Å². The van der Waals surface area contributed by atoms with E-state index in [1.165, 1.54) is 0 Å². The van der Waals surface area contributed by atoms with Crippen LogP contribution in [0.2, 0.25) is 0 Å². The Balaban J connectivity index is 1.59. The third-order valence-electron chi connectivity index (χ3n) is 8.48. The molecular weight excluding hydrogens is 612 g/mol. The Bertz CT molecular complexity index is 1890. The molecule has 248 valence electrons. The van der Waals surface area contributed by atoms with Crippen LogP contribution in [0.4, 0.5) is 22.7 Å². The van der Waals surface area contributed by atoms with Crippen LogP contribution in [-0.2, 0) is 0 Å². The van der Waals surface area contributed by atoms with E-state index in [9.17, 15) is 9.59 Å². The largest absolute Gasteiger partial charge is 0.494 e. The summed E-state index contributed by atoms with van der Waals surface area (Å²) >= 11 is 0. The Hall–Kier alpha value is -5.76. The summed E-state index contributed by atoms with van der Waals surface area (Å²) in [7, 11) is 0. The van der Waals surface area contributed by atoms with Crippen molar-refractivity contribution in [2.45, 2.75) is 47.0 Å². The summed E-state index contributed by atoms with van der Waals surface area (Å²) in [5.41, 5.74) is 6.71. The van der Waals surface area contributed by atoms with Crippen LogP contribution >= 0.6 is 0 Å². The Morgan fingerprint density at radius 3 is 1.41 bits per heavy atom. The average Bonchev–Trinajstić information content (AvgIpc) is 3.09. The van der Waals surface area contributed by atoms with Crippen molar-refractivity contribution < 1.29 is 19.1 Å². The molecule has 6 bridgehead atoms. The third kappa shape index (κ3) is 7.70. The standard InChI is InChI=1S/C41H40N4O4/c1-26-38-27(2)43-36-20-8-9-21-37(36)45-29(4)39(28(3)44-35-19-7-6-18-34(35)42-26)41(47)31-15-13-17-33(25-31)49-23-11-5-10-22-48-32-16-12-14-30(24-32)40(38)46/h6-9,12-21,24-25,42,45H,5,10-11,22-23H2,1-4H3/b38-26+,39-29+,43-27?,44-28?. The molecule has 3 aliphatic heterocycles. The minimum absolute atomic E-state index is 0.187. The lowest BCUT2D eigenvalue weighted by molar-refractivity contribution is 0.103. The third-order valence-corrected chi connectivity index (χ3v) is 8.48. The summed E-state index contributed by atoms with van der Waals surface area (Å²) in [5, 5.41) is 6.92. The zero-order chi connectivity index (χ0) is 34.3. The van der Waals surface area contributed by atoms with Crippen LogP contribution in [0, 0.1) is 0 Å². The molecule has 0 fully saturated rings. The van der Waals surface area contributed by atoms with Gasteiger partial charge in [-0.25, -0.2) is 0 Å². The molecule has 0 aromatic heterocycles. The molecule has 3 heterocycles. The highest BCUT2D eigenvalue weighted by Crippen LogP contribution is 2.33. The van der Waals surface area contributed by atoms with Gasteiger partial charge in [0, 0.05) is 22.5 Å². The number of Topliss-reactive ketones (excluding diaryl/α,β-unsaturated/α-hetero) is 2. The summed E-state index contributed by atoms with van der Waals surface area (Å²) in [4.78, 5) is 38.8. The second kappa shape index (κ2) is 15.0. The Kier molecular flexibility index (Phi) is 10.1. The molecule has 49 heavy (non-hydrogen) atoms. The fourth-order valence-corrected chi connectivity index (χ4v) is 6.07. The number of allylic oxidation sites excluding steroid dienone is 4. The number of rotatable bonds is 0. The number of hydrogen-bond donors (Lipinski definition) is 2. The predicted octanol–water partition coefficient (Wildman–Crippen LogP) is 9.66. The first-order valence-corrected chi connectivity index (χ1v) is 16.6. The van der Waals surface area contributed by atoms with Gasteiger partial charge in [0.2, 0.25) is 0 Å². The monoisotopic (exact) mass is 652 g/mol. The van der Waals surface area contributed by atoms with E-state index in [0.717, 1.165) is 19.3 Å². The van der Waals surface area contributed by atoms with Crippen LogP contribution in [0.3, 0.4) is 0 Å². The zero-order valence-corrected chi connectivity index (χ0v) is 28.3. The number of nitrogens with one attached hydrogen (secondary N) is 2. The van der Waals surface area contributed by atoms with E-state index in [1.807, 2.05) is 100 Å². The van der Waals surface area contributed by atoms with Gasteiger partial charge in [-0.2, -0.15) is 0 Å². The highest BCUT2D eigenvalue weighted by atomic mass is 16.5. The van der Waals surface area contributed by atoms with Gasteiger partial charge in [0.15, 0.2) is 11.6 Å². The van der Waals surface area contributed by atoms with E-state index in [1.54, 1.807) is 24.3 Å². The molecule has 0 radical (unpaired) electrons. The van der Waals surface area contributed by atoms with Crippen molar-refractivity contribution >= 4 is 45.7 Å². The minimum atomic E-state index is -0.187. The van der Waals surface area contributed by atoms with Crippen LogP contribution < -0.4 is 20.1 Å². The van der Waals surface area contributed by atoms with Gasteiger partial charge in [-0.3, -0.25) is 19.6 Å². The lowest BCUT2D eigenvalue weighted by Crippen LogP contribution is -2.18. The number of nitrogens with zero attached hydrogens (tertiary/aromatic N) is 2. The topological polar surface area (TPSA) is 101 Å². The first kappa shape index (κ1) is 33.2. The number of ketones is 2. The minimum Gasteiger partial charge on any atom is -0.494 e. The summed E-state index contributed by atoms with van der Waals surface area (Å²) in [5.74, 6) is 0.887. The van der Waals surface area contributed by atoms with Gasteiger partial charge in [0.05, 0.1) is 58.5 Å². The molecule has 0 saturated carbocycles. The number of carbonyl (C=O) groups excluding carboxylic acids is 2. The first-order chi connectivity index (χ1) is 23.8. The fourth-order valence-electron chi connectivity index (χ4n) is 6.07. The van der Waals surface area contributed by atoms with Crippen molar-refractivity contribution in [3.63, 3.8) is 0 Å². The van der Waals surface area contributed by atoms with E-state index in [4.69, 9.17) is 19.5 Å². The first-order valence-electron chi connectivity index (χ1n) is 16.6. The maximum Gasteiger partial charge on any atom is 0.196 e. The summed E-state index contributed by atoms with van der Waals surface area (Å²) in [6, 6.07) is 29.7. The SMILES string of the molecule is CC1=Nc2ccccc2N/C(C)=C2/C(=O)c3cccc(c3)OCCCCCOc3cccc(c3)C(=O)/C1=C(\C)Nc1ccccc1N=C2C. The fraction of sp³-hybridized carbons (Fsp3) is 0.220. The molecule has 0 amide bonds. The van der Waals surface area contributed by atoms with Gasteiger partial charge in [0.25, 0.3) is 0 Å². The predicted molar refractivity (Wildman–Crippen MR) is 197 cm³/mol. The molecule has 3 aliphatic rings. The van der Waals surface area contributed by atoms with E-state index in [0.29, 0.717) is 92.6 Å². The number of carbonyl (C=O) groups is 2. The Morgan fingerprint density at radius 1 is 0.531 bits per heavy atom. The summed E-state index contributed by atoms with van der Waals surface area (Å²) in [6.07, 6.45) is 2.56. The van der Waals surface area contributed by atoms with Crippen molar-refractivity contribution in [2.75, 3.05) is 23.8 Å². The molecule has 2 N–H and O–H groups in total. The van der Waals surface area contributed by atoms with Crippen LogP contribution in [0.15, 0.2) is 130 Å². The van der Waals surface area contributed by atoms with Crippen LogP contribution in [-0.4, -0.2) is 36.2 Å². The number of fused-ring (bicyclic) bond motifs is 8. The second-order valence-corrected chi connectivity index (χ2v) is 12.2. The molecule has 0 atom stereocenters. The summed E-state index contributed by atoms with van der Waals surface area (Å²) < 4.78 is 12.1. The highest BCUT2D eigenvalue weighted by Gasteiger charge is 2.23. The quantitative estimate of drug-likeness (QED) is 0.196. The van der Waals surface area contributed by atoms with Crippen LogP contribution in [0.5, 0.6) is 11.5 Å². The van der Waals surface area contributed by atoms with E-state index in [2.05, 4.69) is 10.6 Å². The number of anilines is 2. The van der Waals surface area contributed by atoms with Gasteiger partial charge >= 0.3 is 0 Å². The van der Waals surface area contributed by atoms with Gasteiger partial charge in [-0.15, -0.1) is 0 Å². The van der Waals surface area contributed by atoms with Crippen LogP contribution in [0.25, 0.3) is 0 Å². The molecular formula is C41H40N4O4. The lowest BCUT2D eigenvalue weighted by atomic mass is 9.97. The molecule has 8 nitrogen and oxygen atoms in total. The van der Waals surface area contributed by atoms with Crippen LogP contribution in [0.1, 0.15) is 67.7 Å². The van der Waals surface area contributed by atoms with E-state index < -0.39 is 0 Å². The molecule has 4 aromatic rings. The maximum atomic E-state index is 14.4. The molecule has 0 saturated heterocycles. The van der Waals surface area contributed by atoms with Crippen molar-refractivity contribution in [1.82, 2.24) is 0 Å². The van der Waals surface area contributed by atoms with Crippen molar-refractivity contribution in [2.24, 2.45) is 9.98 Å². The molecule has 0 unspecified atom stereocenters. The smallest absolute Gasteiger partial charge is 0.196 e. The molecule has 0 aliphatic carbocycles. The van der Waals surface area contributed by atoms with Gasteiger partial charge < -0.3 is 20.1 Å². The molecule has 8 heteroatoms. The number of ether oxygens (including phenoxy) is 2. The number of aliphatic imine (C=N–C) groups is 2. The maximum absolute atomic E-state index is 14.4. The second-order valence-electron chi connectivity index (χ2n) is 12.2. The lowest BCUT2D eigenvalue weighted by Gasteiger charge is -2.19.